The van der Waals surface area contributed by atoms with Crippen LogP contribution in [0.4, 0.5) is 0 Å². The summed E-state index contributed by atoms with van der Waals surface area (Å²) in [5, 5.41) is 9.60. The summed E-state index contributed by atoms with van der Waals surface area (Å²) in [6.07, 6.45) is 6.42. The molecule has 7 rings (SSSR count). The van der Waals surface area contributed by atoms with Gasteiger partial charge in [-0.2, -0.15) is 0 Å². The number of epoxide rings is 1. The highest BCUT2D eigenvalue weighted by molar-refractivity contribution is 6.05. The molecule has 2 unspecified atom stereocenters. The molecule has 220 valence electrons. The van der Waals surface area contributed by atoms with E-state index in [1.165, 1.54) is 0 Å². The Morgan fingerprint density at radius 2 is 1.77 bits per heavy atom. The van der Waals surface area contributed by atoms with Gasteiger partial charge in [-0.15, -0.1) is 0 Å². The highest BCUT2D eigenvalue weighted by atomic mass is 16.6. The van der Waals surface area contributed by atoms with Crippen LogP contribution >= 0.6 is 0 Å². The summed E-state index contributed by atoms with van der Waals surface area (Å²) in [6.45, 7) is 12.5. The number of carbonyl (C=O) groups excluding carboxylic acids is 3. The third kappa shape index (κ3) is 3.26. The Labute approximate surface area is 237 Å². The molecule has 2 heterocycles. The lowest BCUT2D eigenvalue weighted by atomic mass is 9.43. The van der Waals surface area contributed by atoms with Crippen molar-refractivity contribution in [1.29, 1.82) is 0 Å². The van der Waals surface area contributed by atoms with E-state index in [9.17, 15) is 19.5 Å². The number of cyclic esters (lactones) is 1. The molecule has 1 spiro atoms. The molecule has 5 aliphatic carbocycles. The standard InChI is InChI=1S/C33H46O7/c1-16-13-23(38-29(37)19(16)15-34)17(2)20-7-8-21-18-14-26-33(40-26)25(39-28-27(36)30(28,3)4)10-9-24(35)32(33,6)22(18)11-12-31(20,21)5/h17-18,20-23,25-26,28,34H,7-15H2,1-6H3/t17-,18-,20+,21-,22-,23?,25-,26+,28?,31+,32-,33+/m0/s1. The van der Waals surface area contributed by atoms with E-state index in [0.717, 1.165) is 37.7 Å². The molecule has 12 atom stereocenters. The SMILES string of the molecule is CC1=C(CO)C(=O)OC([C@@H](C)[C@H]2CC[C@H]3[C@@H]4C[C@H]5O[C@]56[C@@H](OC5C(=O)C5(C)C)CCC(=O)[C@]6(C)[C@H]4CC[C@]23C)C1. The van der Waals surface area contributed by atoms with Gasteiger partial charge in [0.05, 0.1) is 35.2 Å². The molecule has 7 nitrogen and oxygen atoms in total. The minimum atomic E-state index is -0.577. The van der Waals surface area contributed by atoms with Gasteiger partial charge in [0, 0.05) is 12.8 Å². The number of hydrogen-bond acceptors (Lipinski definition) is 7. The van der Waals surface area contributed by atoms with Crippen LogP contribution in [0.1, 0.15) is 92.9 Å². The van der Waals surface area contributed by atoms with Crippen LogP contribution < -0.4 is 0 Å². The second-order valence-electron chi connectivity index (χ2n) is 15.4. The first kappa shape index (κ1) is 27.3. The molecular formula is C33H46O7. The van der Waals surface area contributed by atoms with Gasteiger partial charge in [0.25, 0.3) is 0 Å². The monoisotopic (exact) mass is 554 g/mol. The van der Waals surface area contributed by atoms with Crippen LogP contribution in [0.2, 0.25) is 0 Å². The first-order chi connectivity index (χ1) is 18.8. The van der Waals surface area contributed by atoms with Crippen molar-refractivity contribution >= 4 is 17.5 Å². The lowest BCUT2D eigenvalue weighted by Gasteiger charge is -2.59. The highest BCUT2D eigenvalue weighted by Gasteiger charge is 2.82. The summed E-state index contributed by atoms with van der Waals surface area (Å²) in [7, 11) is 0. The maximum Gasteiger partial charge on any atom is 0.336 e. The summed E-state index contributed by atoms with van der Waals surface area (Å²) in [5.41, 5.74) is -0.0870. The Morgan fingerprint density at radius 1 is 1.05 bits per heavy atom. The molecule has 40 heavy (non-hydrogen) atoms. The summed E-state index contributed by atoms with van der Waals surface area (Å²) < 4.78 is 19.0. The maximum absolute atomic E-state index is 13.9. The smallest absolute Gasteiger partial charge is 0.336 e. The number of Topliss-reactive ketones (excluding diaryl/α,β-unsaturated/α-hetero) is 2. The van der Waals surface area contributed by atoms with Gasteiger partial charge < -0.3 is 19.3 Å². The third-order valence-corrected chi connectivity index (χ3v) is 13.7. The van der Waals surface area contributed by atoms with Crippen molar-refractivity contribution in [3.63, 3.8) is 0 Å². The highest BCUT2D eigenvalue weighted by Crippen LogP contribution is 2.74. The minimum Gasteiger partial charge on any atom is -0.458 e. The Balaban J connectivity index is 1.13. The van der Waals surface area contributed by atoms with Crippen molar-refractivity contribution in [2.45, 2.75) is 123 Å². The van der Waals surface area contributed by atoms with E-state index in [1.807, 2.05) is 20.8 Å². The molecule has 0 bridgehead atoms. The lowest BCUT2D eigenvalue weighted by Crippen LogP contribution is -2.65. The number of carbonyl (C=O) groups is 3. The van der Waals surface area contributed by atoms with Crippen LogP contribution in [0.3, 0.4) is 0 Å². The fourth-order valence-electron chi connectivity index (χ4n) is 11.1. The summed E-state index contributed by atoms with van der Waals surface area (Å²) in [5.74, 6) is 2.01. The molecule has 1 N–H and O–H groups in total. The van der Waals surface area contributed by atoms with Crippen molar-refractivity contribution in [2.75, 3.05) is 6.61 Å². The molecule has 7 heteroatoms. The van der Waals surface area contributed by atoms with E-state index in [2.05, 4.69) is 20.8 Å². The molecule has 6 fully saturated rings. The van der Waals surface area contributed by atoms with Crippen molar-refractivity contribution in [3.8, 4) is 0 Å². The quantitative estimate of drug-likeness (QED) is 0.392. The number of ketones is 2. The molecule has 0 aromatic rings. The molecule has 0 radical (unpaired) electrons. The predicted molar refractivity (Wildman–Crippen MR) is 146 cm³/mol. The number of hydrogen-bond donors (Lipinski definition) is 1. The fraction of sp³-hybridized carbons (Fsp3) is 0.848. The Hall–Kier alpha value is -1.57. The van der Waals surface area contributed by atoms with Crippen LogP contribution in [0.25, 0.3) is 0 Å². The minimum absolute atomic E-state index is 0.0211. The van der Waals surface area contributed by atoms with E-state index in [4.69, 9.17) is 14.2 Å². The molecular weight excluding hydrogens is 508 g/mol. The summed E-state index contributed by atoms with van der Waals surface area (Å²) in [6, 6.07) is 0. The van der Waals surface area contributed by atoms with Gasteiger partial charge in [-0.3, -0.25) is 9.59 Å². The fourth-order valence-corrected chi connectivity index (χ4v) is 11.1. The number of esters is 1. The topological polar surface area (TPSA) is 102 Å². The van der Waals surface area contributed by atoms with Crippen LogP contribution in [0.5, 0.6) is 0 Å². The molecule has 0 aromatic heterocycles. The largest absolute Gasteiger partial charge is 0.458 e. The third-order valence-electron chi connectivity index (χ3n) is 13.7. The predicted octanol–water partition coefficient (Wildman–Crippen LogP) is 4.58. The van der Waals surface area contributed by atoms with Crippen molar-refractivity contribution < 1.29 is 33.7 Å². The van der Waals surface area contributed by atoms with Gasteiger partial charge in [-0.1, -0.05) is 19.4 Å². The van der Waals surface area contributed by atoms with Gasteiger partial charge in [-0.05, 0) is 101 Å². The van der Waals surface area contributed by atoms with Gasteiger partial charge in [0.15, 0.2) is 5.78 Å². The zero-order valence-electron chi connectivity index (χ0n) is 25.0. The van der Waals surface area contributed by atoms with E-state index in [-0.39, 0.29) is 60.0 Å². The Morgan fingerprint density at radius 3 is 2.42 bits per heavy atom. The average Bonchev–Trinajstić information content (AvgIpc) is 3.68. The van der Waals surface area contributed by atoms with Gasteiger partial charge >= 0.3 is 5.97 Å². The number of aliphatic hydroxyl groups excluding tert-OH is 1. The number of ether oxygens (including phenoxy) is 3. The van der Waals surface area contributed by atoms with Crippen molar-refractivity contribution in [3.05, 3.63) is 11.1 Å². The normalized spacial score (nSPS) is 51.3. The van der Waals surface area contributed by atoms with Crippen LogP contribution in [0.15, 0.2) is 11.1 Å². The maximum atomic E-state index is 13.9. The Kier molecular flexibility index (Phi) is 5.80. The van der Waals surface area contributed by atoms with E-state index in [0.29, 0.717) is 48.4 Å². The van der Waals surface area contributed by atoms with Crippen molar-refractivity contribution in [2.24, 2.45) is 45.8 Å². The molecule has 7 aliphatic rings. The van der Waals surface area contributed by atoms with Crippen LogP contribution in [-0.4, -0.2) is 59.3 Å². The van der Waals surface area contributed by atoms with E-state index in [1.54, 1.807) is 0 Å². The number of fused-ring (bicyclic) bond motifs is 4. The zero-order chi connectivity index (χ0) is 28.6. The first-order valence-electron chi connectivity index (χ1n) is 15.7. The molecule has 0 aromatic carbocycles. The zero-order valence-corrected chi connectivity index (χ0v) is 25.0. The summed E-state index contributed by atoms with van der Waals surface area (Å²) in [4.78, 5) is 38.9. The Bertz CT molecular complexity index is 1200. The first-order valence-corrected chi connectivity index (χ1v) is 15.7. The lowest BCUT2D eigenvalue weighted by molar-refractivity contribution is -0.174. The van der Waals surface area contributed by atoms with Crippen LogP contribution in [0, 0.1) is 45.8 Å². The van der Waals surface area contributed by atoms with Gasteiger partial charge in [-0.25, -0.2) is 4.79 Å². The van der Waals surface area contributed by atoms with Gasteiger partial charge in [0.2, 0.25) is 0 Å². The van der Waals surface area contributed by atoms with E-state index >= 15 is 0 Å². The molecule has 0 amide bonds. The van der Waals surface area contributed by atoms with Crippen molar-refractivity contribution in [1.82, 2.24) is 0 Å². The average molecular weight is 555 g/mol. The molecule has 5 saturated carbocycles. The number of rotatable bonds is 5. The molecule has 2 aliphatic heterocycles. The summed E-state index contributed by atoms with van der Waals surface area (Å²) >= 11 is 0. The van der Waals surface area contributed by atoms with Crippen LogP contribution in [-0.2, 0) is 28.6 Å². The second kappa shape index (κ2) is 8.50. The van der Waals surface area contributed by atoms with E-state index < -0.39 is 16.4 Å². The van der Waals surface area contributed by atoms with Gasteiger partial charge in [0.1, 0.15) is 23.6 Å². The number of aliphatic hydroxyl groups is 1. The second-order valence-corrected chi connectivity index (χ2v) is 15.4. The molecule has 1 saturated heterocycles.